The van der Waals surface area contributed by atoms with E-state index in [-0.39, 0.29) is 12.1 Å². The number of hydrogen-bond acceptors (Lipinski definition) is 4. The van der Waals surface area contributed by atoms with Crippen LogP contribution in [-0.4, -0.2) is 38.1 Å². The lowest BCUT2D eigenvalue weighted by atomic mass is 9.97. The van der Waals surface area contributed by atoms with Gasteiger partial charge in [0, 0.05) is 24.4 Å². The number of aromatic nitrogens is 3. The molecule has 1 saturated carbocycles. The van der Waals surface area contributed by atoms with Gasteiger partial charge in [-0.1, -0.05) is 27.7 Å². The first kappa shape index (κ1) is 15.4. The highest BCUT2D eigenvalue weighted by Crippen LogP contribution is 2.38. The second kappa shape index (κ2) is 6.22. The molecule has 1 aromatic heterocycles. The molecule has 20 heavy (non-hydrogen) atoms. The molecule has 1 aromatic rings. The fourth-order valence-corrected chi connectivity index (χ4v) is 3.33. The maximum atomic E-state index is 9.80. The topological polar surface area (TPSA) is 63.0 Å². The summed E-state index contributed by atoms with van der Waals surface area (Å²) < 4.78 is 2.11. The van der Waals surface area contributed by atoms with Crippen LogP contribution in [0, 0.1) is 0 Å². The van der Waals surface area contributed by atoms with E-state index in [0.717, 1.165) is 43.8 Å². The first-order chi connectivity index (χ1) is 9.53. The molecule has 0 bridgehead atoms. The second-order valence-corrected chi connectivity index (χ2v) is 6.23. The van der Waals surface area contributed by atoms with Gasteiger partial charge in [-0.05, 0) is 19.3 Å². The minimum atomic E-state index is -0.151. The molecule has 2 rings (SSSR count). The van der Waals surface area contributed by atoms with Gasteiger partial charge in [0.05, 0.1) is 12.6 Å². The van der Waals surface area contributed by atoms with Crippen LogP contribution in [0.2, 0.25) is 0 Å². The Labute approximate surface area is 121 Å². The Morgan fingerprint density at radius 3 is 2.70 bits per heavy atom. The molecule has 2 N–H and O–H groups in total. The van der Waals surface area contributed by atoms with Crippen LogP contribution in [0.3, 0.4) is 0 Å². The summed E-state index contributed by atoms with van der Waals surface area (Å²) in [7, 11) is 0. The smallest absolute Gasteiger partial charge is 0.150 e. The highest BCUT2D eigenvalue weighted by atomic mass is 16.3. The number of aliphatic hydroxyl groups excluding tert-OH is 1. The Morgan fingerprint density at radius 1 is 1.40 bits per heavy atom. The predicted octanol–water partition coefficient (Wildman–Crippen LogP) is 1.86. The minimum absolute atomic E-state index is 0.151. The number of nitrogens with one attached hydrogen (secondary N) is 1. The van der Waals surface area contributed by atoms with Gasteiger partial charge in [0.2, 0.25) is 0 Å². The molecule has 0 aliphatic heterocycles. The zero-order chi connectivity index (χ0) is 14.8. The summed E-state index contributed by atoms with van der Waals surface area (Å²) in [6, 6.07) is 0.740. The van der Waals surface area contributed by atoms with Crippen LogP contribution < -0.4 is 5.32 Å². The van der Waals surface area contributed by atoms with Crippen molar-refractivity contribution in [3.63, 3.8) is 0 Å². The molecule has 1 aliphatic carbocycles. The van der Waals surface area contributed by atoms with Crippen molar-refractivity contribution in [2.75, 3.05) is 6.61 Å². The van der Waals surface area contributed by atoms with E-state index < -0.39 is 0 Å². The Bertz CT molecular complexity index is 443. The van der Waals surface area contributed by atoms with E-state index in [9.17, 15) is 5.11 Å². The molecule has 0 radical (unpaired) electrons. The maximum Gasteiger partial charge on any atom is 0.150 e. The van der Waals surface area contributed by atoms with Gasteiger partial charge >= 0.3 is 0 Å². The van der Waals surface area contributed by atoms with Gasteiger partial charge in [-0.15, -0.1) is 0 Å². The Kier molecular flexibility index (Phi) is 4.81. The summed E-state index contributed by atoms with van der Waals surface area (Å²) in [4.78, 5) is 4.60. The maximum absolute atomic E-state index is 9.80. The predicted molar refractivity (Wildman–Crippen MR) is 79.8 cm³/mol. The molecule has 0 spiro atoms. The molecule has 2 unspecified atom stereocenters. The van der Waals surface area contributed by atoms with E-state index in [2.05, 4.69) is 47.8 Å². The number of aliphatic hydroxyl groups is 1. The van der Waals surface area contributed by atoms with Gasteiger partial charge in [-0.3, -0.25) is 0 Å². The Balaban J connectivity index is 2.17. The lowest BCUT2D eigenvalue weighted by Gasteiger charge is -2.31. The third kappa shape index (κ3) is 3.04. The molecule has 5 heteroatoms. The van der Waals surface area contributed by atoms with Crippen LogP contribution in [0.5, 0.6) is 0 Å². The molecule has 1 heterocycles. The summed E-state index contributed by atoms with van der Waals surface area (Å²) in [5.41, 5.74) is -0.151. The van der Waals surface area contributed by atoms with Crippen LogP contribution in [-0.2, 0) is 12.8 Å². The lowest BCUT2D eigenvalue weighted by molar-refractivity contribution is 0.151. The van der Waals surface area contributed by atoms with Crippen molar-refractivity contribution in [1.29, 1.82) is 0 Å². The van der Waals surface area contributed by atoms with E-state index in [0.29, 0.717) is 12.1 Å². The van der Waals surface area contributed by atoms with Gasteiger partial charge in [0.15, 0.2) is 5.82 Å². The van der Waals surface area contributed by atoms with Gasteiger partial charge in [0.25, 0.3) is 0 Å². The van der Waals surface area contributed by atoms with Crippen molar-refractivity contribution in [3.8, 4) is 0 Å². The van der Waals surface area contributed by atoms with Gasteiger partial charge in [-0.25, -0.2) is 9.67 Å². The van der Waals surface area contributed by atoms with Crippen molar-refractivity contribution >= 4 is 0 Å². The van der Waals surface area contributed by atoms with E-state index in [4.69, 9.17) is 0 Å². The molecule has 1 fully saturated rings. The van der Waals surface area contributed by atoms with Crippen molar-refractivity contribution in [2.24, 2.45) is 0 Å². The van der Waals surface area contributed by atoms with Crippen molar-refractivity contribution < 1.29 is 5.11 Å². The average Bonchev–Trinajstić information content (AvgIpc) is 3.02. The third-order valence-corrected chi connectivity index (χ3v) is 4.20. The molecule has 1 aliphatic rings. The van der Waals surface area contributed by atoms with Gasteiger partial charge in [-0.2, -0.15) is 5.10 Å². The molecule has 5 nitrogen and oxygen atoms in total. The Hall–Kier alpha value is -0.940. The fraction of sp³-hybridized carbons (Fsp3) is 0.867. The summed E-state index contributed by atoms with van der Waals surface area (Å²) in [5.74, 6) is 2.00. The summed E-state index contributed by atoms with van der Waals surface area (Å²) in [6.07, 6.45) is 4.77. The van der Waals surface area contributed by atoms with Crippen molar-refractivity contribution in [1.82, 2.24) is 20.1 Å². The van der Waals surface area contributed by atoms with Crippen molar-refractivity contribution in [2.45, 2.75) is 77.4 Å². The first-order valence-electron chi connectivity index (χ1n) is 7.86. The number of rotatable bonds is 6. The first-order valence-corrected chi connectivity index (χ1v) is 7.86. The quantitative estimate of drug-likeness (QED) is 0.835. The summed E-state index contributed by atoms with van der Waals surface area (Å²) in [5, 5.41) is 18.0. The van der Waals surface area contributed by atoms with Crippen LogP contribution in [0.4, 0.5) is 0 Å². The fourth-order valence-electron chi connectivity index (χ4n) is 3.33. The highest BCUT2D eigenvalue weighted by molar-refractivity contribution is 5.02. The minimum Gasteiger partial charge on any atom is -0.394 e. The zero-order valence-electron chi connectivity index (χ0n) is 13.2. The summed E-state index contributed by atoms with van der Waals surface area (Å²) in [6.45, 7) is 8.67. The van der Waals surface area contributed by atoms with E-state index in [1.807, 2.05) is 0 Å². The molecule has 0 amide bonds. The summed E-state index contributed by atoms with van der Waals surface area (Å²) >= 11 is 0. The van der Waals surface area contributed by atoms with Crippen molar-refractivity contribution in [3.05, 3.63) is 11.6 Å². The van der Waals surface area contributed by atoms with Crippen LogP contribution in [0.15, 0.2) is 0 Å². The largest absolute Gasteiger partial charge is 0.394 e. The number of nitrogens with zero attached hydrogens (tertiary/aromatic N) is 3. The monoisotopic (exact) mass is 280 g/mol. The molecular weight excluding hydrogens is 252 g/mol. The van der Waals surface area contributed by atoms with Crippen LogP contribution in [0.1, 0.15) is 64.6 Å². The second-order valence-electron chi connectivity index (χ2n) is 6.23. The molecule has 0 aromatic carbocycles. The number of aryl methyl sites for hydroxylation is 2. The Morgan fingerprint density at radius 2 is 2.15 bits per heavy atom. The normalized spacial score (nSPS) is 26.6. The highest BCUT2D eigenvalue weighted by Gasteiger charge is 2.40. The standard InChI is InChI=1S/C15H28N4O/c1-5-13-16-14(6-2)19(18-13)12-7-8-15(9-12,10-20)17-11(3)4/h11-12,17,20H,5-10H2,1-4H3. The van der Waals surface area contributed by atoms with E-state index in [1.54, 1.807) is 0 Å². The van der Waals surface area contributed by atoms with E-state index >= 15 is 0 Å². The SMILES string of the molecule is CCc1nc(CC)n(C2CCC(CO)(NC(C)C)C2)n1. The number of hydrogen-bond donors (Lipinski definition) is 2. The third-order valence-electron chi connectivity index (χ3n) is 4.20. The lowest BCUT2D eigenvalue weighted by Crippen LogP contribution is -2.49. The molecule has 114 valence electrons. The van der Waals surface area contributed by atoms with E-state index in [1.165, 1.54) is 0 Å². The van der Waals surface area contributed by atoms with Gasteiger partial charge in [0.1, 0.15) is 5.82 Å². The molecule has 2 atom stereocenters. The zero-order valence-corrected chi connectivity index (χ0v) is 13.2. The van der Waals surface area contributed by atoms with Crippen LogP contribution in [0.25, 0.3) is 0 Å². The molecular formula is C15H28N4O. The van der Waals surface area contributed by atoms with Gasteiger partial charge < -0.3 is 10.4 Å². The molecule has 0 saturated heterocycles. The van der Waals surface area contributed by atoms with Crippen LogP contribution >= 0.6 is 0 Å². The average molecular weight is 280 g/mol.